The van der Waals surface area contributed by atoms with Gasteiger partial charge in [0.2, 0.25) is 0 Å². The van der Waals surface area contributed by atoms with Gasteiger partial charge in [-0.3, -0.25) is 4.99 Å². The third-order valence-electron chi connectivity index (χ3n) is 3.90. The molecule has 0 aliphatic carbocycles. The van der Waals surface area contributed by atoms with Crippen LogP contribution in [0.1, 0.15) is 37.9 Å². The zero-order valence-electron chi connectivity index (χ0n) is 14.7. The van der Waals surface area contributed by atoms with E-state index in [0.29, 0.717) is 38.4 Å². The van der Waals surface area contributed by atoms with Crippen LogP contribution >= 0.6 is 24.0 Å². The molecule has 2 heterocycles. The Morgan fingerprint density at radius 3 is 2.69 bits per heavy atom. The van der Waals surface area contributed by atoms with Crippen LogP contribution in [0.5, 0.6) is 0 Å². The Balaban J connectivity index is 0.00000338. The van der Waals surface area contributed by atoms with E-state index in [2.05, 4.69) is 15.6 Å². The molecule has 1 aliphatic heterocycles. The van der Waals surface area contributed by atoms with Crippen molar-refractivity contribution in [2.45, 2.75) is 50.8 Å². The standard InChI is InChI=1S/C17H26F3N3O2.HI/c18-17(19,20)8-1-2-9-21-16(23-13-15-6-4-12-25-15)22-10-7-14-5-3-11-24-14;/h3,5,11,15H,1-2,4,6-10,12-13H2,(H2,21,22,23);1H. The molecule has 5 nitrogen and oxygen atoms in total. The fourth-order valence-corrected chi connectivity index (χ4v) is 2.57. The summed E-state index contributed by atoms with van der Waals surface area (Å²) < 4.78 is 47.3. The van der Waals surface area contributed by atoms with E-state index in [1.54, 1.807) is 6.26 Å². The number of halogens is 4. The van der Waals surface area contributed by atoms with Crippen molar-refractivity contribution in [1.82, 2.24) is 10.6 Å². The Morgan fingerprint density at radius 1 is 1.23 bits per heavy atom. The predicted octanol–water partition coefficient (Wildman–Crippen LogP) is 3.89. The quantitative estimate of drug-likeness (QED) is 0.239. The molecule has 2 N–H and O–H groups in total. The smallest absolute Gasteiger partial charge is 0.389 e. The van der Waals surface area contributed by atoms with Gasteiger partial charge in [-0.25, -0.2) is 0 Å². The minimum atomic E-state index is -4.09. The largest absolute Gasteiger partial charge is 0.469 e. The van der Waals surface area contributed by atoms with Gasteiger partial charge < -0.3 is 19.8 Å². The number of furan rings is 1. The van der Waals surface area contributed by atoms with E-state index in [4.69, 9.17) is 9.15 Å². The molecule has 1 aliphatic rings. The van der Waals surface area contributed by atoms with Gasteiger partial charge in [-0.05, 0) is 37.8 Å². The second-order valence-corrected chi connectivity index (χ2v) is 6.08. The molecule has 0 amide bonds. The van der Waals surface area contributed by atoms with Crippen LogP contribution < -0.4 is 10.6 Å². The van der Waals surface area contributed by atoms with Crippen molar-refractivity contribution >= 4 is 29.9 Å². The SMILES string of the molecule is FC(F)(F)CCCCNC(=NCC1CCCO1)NCCc1ccco1.I. The van der Waals surface area contributed by atoms with Crippen molar-refractivity contribution in [2.75, 3.05) is 26.2 Å². The van der Waals surface area contributed by atoms with Gasteiger partial charge in [-0.15, -0.1) is 24.0 Å². The van der Waals surface area contributed by atoms with Gasteiger partial charge in [0.25, 0.3) is 0 Å². The van der Waals surface area contributed by atoms with E-state index in [1.165, 1.54) is 0 Å². The van der Waals surface area contributed by atoms with E-state index in [-0.39, 0.29) is 36.5 Å². The van der Waals surface area contributed by atoms with Crippen LogP contribution in [0.4, 0.5) is 13.2 Å². The third kappa shape index (κ3) is 10.2. The third-order valence-corrected chi connectivity index (χ3v) is 3.90. The molecule has 0 radical (unpaired) electrons. The summed E-state index contributed by atoms with van der Waals surface area (Å²) in [5.74, 6) is 1.48. The molecule has 0 spiro atoms. The Bertz CT molecular complexity index is 504. The second kappa shape index (κ2) is 12.4. The number of ether oxygens (including phenoxy) is 1. The summed E-state index contributed by atoms with van der Waals surface area (Å²) in [6.07, 6.45) is 0.235. The van der Waals surface area contributed by atoms with E-state index in [9.17, 15) is 13.2 Å². The van der Waals surface area contributed by atoms with Gasteiger partial charge in [-0.1, -0.05) is 0 Å². The maximum absolute atomic E-state index is 12.2. The van der Waals surface area contributed by atoms with Crippen molar-refractivity contribution in [3.63, 3.8) is 0 Å². The number of unbranched alkanes of at least 4 members (excludes halogenated alkanes) is 1. The molecule has 0 aromatic carbocycles. The van der Waals surface area contributed by atoms with Gasteiger partial charge in [0, 0.05) is 32.5 Å². The molecule has 26 heavy (non-hydrogen) atoms. The topological polar surface area (TPSA) is 58.8 Å². The van der Waals surface area contributed by atoms with Crippen LogP contribution in [0.2, 0.25) is 0 Å². The number of nitrogens with one attached hydrogen (secondary N) is 2. The molecule has 150 valence electrons. The summed E-state index contributed by atoms with van der Waals surface area (Å²) >= 11 is 0. The minimum absolute atomic E-state index is 0. The van der Waals surface area contributed by atoms with Crippen LogP contribution in [0.15, 0.2) is 27.8 Å². The highest BCUT2D eigenvalue weighted by molar-refractivity contribution is 14.0. The van der Waals surface area contributed by atoms with E-state index >= 15 is 0 Å². The van der Waals surface area contributed by atoms with E-state index in [1.807, 2.05) is 12.1 Å². The van der Waals surface area contributed by atoms with Gasteiger partial charge in [0.05, 0.1) is 18.9 Å². The van der Waals surface area contributed by atoms with Crippen LogP contribution in [0, 0.1) is 0 Å². The Labute approximate surface area is 169 Å². The Morgan fingerprint density at radius 2 is 2.04 bits per heavy atom. The zero-order chi connectivity index (χ0) is 18.0. The molecule has 1 aromatic heterocycles. The number of alkyl halides is 3. The maximum atomic E-state index is 12.2. The Hall–Kier alpha value is -0.970. The van der Waals surface area contributed by atoms with Crippen molar-refractivity contribution < 1.29 is 22.3 Å². The van der Waals surface area contributed by atoms with Crippen LogP contribution in [0.25, 0.3) is 0 Å². The monoisotopic (exact) mass is 489 g/mol. The molecule has 1 fully saturated rings. The zero-order valence-corrected chi connectivity index (χ0v) is 17.0. The van der Waals surface area contributed by atoms with E-state index in [0.717, 1.165) is 25.2 Å². The summed E-state index contributed by atoms with van der Waals surface area (Å²) in [6.45, 7) is 2.41. The van der Waals surface area contributed by atoms with Gasteiger partial charge in [0.15, 0.2) is 5.96 Å². The molecule has 9 heteroatoms. The van der Waals surface area contributed by atoms with Crippen molar-refractivity contribution in [3.05, 3.63) is 24.2 Å². The number of aliphatic imine (C=N–C) groups is 1. The van der Waals surface area contributed by atoms with Crippen molar-refractivity contribution in [2.24, 2.45) is 4.99 Å². The molecular formula is C17H27F3IN3O2. The van der Waals surface area contributed by atoms with Crippen LogP contribution in [0.3, 0.4) is 0 Å². The lowest BCUT2D eigenvalue weighted by Crippen LogP contribution is -2.39. The molecule has 0 bridgehead atoms. The van der Waals surface area contributed by atoms with Gasteiger partial charge in [-0.2, -0.15) is 13.2 Å². The first-order valence-corrected chi connectivity index (χ1v) is 8.76. The lowest BCUT2D eigenvalue weighted by molar-refractivity contribution is -0.135. The summed E-state index contributed by atoms with van der Waals surface area (Å²) in [5, 5.41) is 6.29. The lowest BCUT2D eigenvalue weighted by atomic mass is 10.2. The molecule has 2 rings (SSSR count). The molecule has 1 saturated heterocycles. The van der Waals surface area contributed by atoms with Crippen LogP contribution in [-0.4, -0.2) is 44.5 Å². The summed E-state index contributed by atoms with van der Waals surface area (Å²) in [6, 6.07) is 3.73. The fourth-order valence-electron chi connectivity index (χ4n) is 2.57. The number of hydrogen-bond acceptors (Lipinski definition) is 3. The fraction of sp³-hybridized carbons (Fsp3) is 0.706. The molecular weight excluding hydrogens is 462 g/mol. The minimum Gasteiger partial charge on any atom is -0.469 e. The highest BCUT2D eigenvalue weighted by atomic mass is 127. The second-order valence-electron chi connectivity index (χ2n) is 6.08. The summed E-state index contributed by atoms with van der Waals surface area (Å²) in [5.41, 5.74) is 0. The molecule has 1 aromatic rings. The lowest BCUT2D eigenvalue weighted by Gasteiger charge is -2.14. The van der Waals surface area contributed by atoms with Gasteiger partial charge in [0.1, 0.15) is 5.76 Å². The average molecular weight is 489 g/mol. The predicted molar refractivity (Wildman–Crippen MR) is 105 cm³/mol. The number of rotatable bonds is 9. The number of nitrogens with zero attached hydrogens (tertiary/aromatic N) is 1. The first-order chi connectivity index (χ1) is 12.0. The highest BCUT2D eigenvalue weighted by Gasteiger charge is 2.25. The average Bonchev–Trinajstić information content (AvgIpc) is 3.24. The number of hydrogen-bond donors (Lipinski definition) is 2. The highest BCUT2D eigenvalue weighted by Crippen LogP contribution is 2.21. The summed E-state index contributed by atoms with van der Waals surface area (Å²) in [4.78, 5) is 4.49. The van der Waals surface area contributed by atoms with Gasteiger partial charge >= 0.3 is 6.18 Å². The van der Waals surface area contributed by atoms with Crippen molar-refractivity contribution in [1.29, 1.82) is 0 Å². The summed E-state index contributed by atoms with van der Waals surface area (Å²) in [7, 11) is 0. The van der Waals surface area contributed by atoms with E-state index < -0.39 is 12.6 Å². The number of guanidine groups is 1. The Kier molecular flexibility index (Phi) is 11.0. The molecule has 1 atom stereocenters. The first kappa shape index (κ1) is 23.1. The first-order valence-electron chi connectivity index (χ1n) is 8.76. The normalized spacial score (nSPS) is 17.8. The molecule has 1 unspecified atom stereocenters. The molecule has 0 saturated carbocycles. The van der Waals surface area contributed by atoms with Crippen LogP contribution in [-0.2, 0) is 11.2 Å². The van der Waals surface area contributed by atoms with Crippen molar-refractivity contribution in [3.8, 4) is 0 Å². The maximum Gasteiger partial charge on any atom is 0.389 e.